The summed E-state index contributed by atoms with van der Waals surface area (Å²) in [5, 5.41) is 3.59. The second-order valence-corrected chi connectivity index (χ2v) is 6.45. The Morgan fingerprint density at radius 3 is 2.63 bits per heavy atom. The maximum atomic E-state index is 3.59. The van der Waals surface area contributed by atoms with Crippen LogP contribution >= 0.6 is 0 Å². The van der Waals surface area contributed by atoms with E-state index in [0.717, 1.165) is 5.92 Å². The highest BCUT2D eigenvalue weighted by Crippen LogP contribution is 2.29. The molecule has 0 spiro atoms. The van der Waals surface area contributed by atoms with Crippen molar-refractivity contribution in [2.45, 2.75) is 63.8 Å². The molecule has 1 heteroatoms. The fourth-order valence-electron chi connectivity index (χ4n) is 4.05. The van der Waals surface area contributed by atoms with Gasteiger partial charge in [-0.25, -0.2) is 0 Å². The second-order valence-electron chi connectivity index (χ2n) is 6.45. The molecule has 2 aliphatic carbocycles. The molecule has 1 atom stereocenters. The van der Waals surface area contributed by atoms with Crippen molar-refractivity contribution >= 4 is 0 Å². The molecule has 0 saturated heterocycles. The summed E-state index contributed by atoms with van der Waals surface area (Å²) in [7, 11) is 2.15. The van der Waals surface area contributed by atoms with Crippen molar-refractivity contribution in [3.8, 4) is 0 Å². The van der Waals surface area contributed by atoms with E-state index in [1.807, 2.05) is 0 Å². The van der Waals surface area contributed by atoms with Crippen molar-refractivity contribution in [3.05, 3.63) is 34.9 Å². The predicted octanol–water partition coefficient (Wildman–Crippen LogP) is 3.89. The Labute approximate surface area is 117 Å². The molecule has 1 nitrogen and oxygen atoms in total. The first-order chi connectivity index (χ1) is 9.36. The van der Waals surface area contributed by atoms with Crippen LogP contribution in [0.1, 0.15) is 55.2 Å². The molecular weight excluding hydrogens is 230 g/mol. The lowest BCUT2D eigenvalue weighted by molar-refractivity contribution is 0.276. The molecule has 1 aromatic rings. The molecule has 0 amide bonds. The first kappa shape index (κ1) is 13.2. The zero-order valence-corrected chi connectivity index (χ0v) is 12.3. The molecule has 0 bridgehead atoms. The lowest BCUT2D eigenvalue weighted by Gasteiger charge is -2.30. The van der Waals surface area contributed by atoms with Crippen molar-refractivity contribution in [3.63, 3.8) is 0 Å². The molecule has 2 aliphatic rings. The molecule has 3 rings (SSSR count). The third kappa shape index (κ3) is 3.02. The van der Waals surface area contributed by atoms with Crippen LogP contribution in [0.5, 0.6) is 0 Å². The lowest BCUT2D eigenvalue weighted by atomic mass is 9.81. The summed E-state index contributed by atoms with van der Waals surface area (Å²) >= 11 is 0. The molecule has 19 heavy (non-hydrogen) atoms. The van der Waals surface area contributed by atoms with Gasteiger partial charge in [0.1, 0.15) is 0 Å². The minimum absolute atomic E-state index is 0.680. The van der Waals surface area contributed by atoms with Crippen LogP contribution < -0.4 is 5.32 Å². The van der Waals surface area contributed by atoms with Gasteiger partial charge in [0.25, 0.3) is 0 Å². The Kier molecular flexibility index (Phi) is 4.22. The van der Waals surface area contributed by atoms with Crippen LogP contribution in [0.3, 0.4) is 0 Å². The summed E-state index contributed by atoms with van der Waals surface area (Å²) < 4.78 is 0. The van der Waals surface area contributed by atoms with E-state index in [0.29, 0.717) is 6.04 Å². The van der Waals surface area contributed by atoms with Gasteiger partial charge in [-0.2, -0.15) is 0 Å². The minimum atomic E-state index is 0.680. The maximum absolute atomic E-state index is 3.59. The van der Waals surface area contributed by atoms with Gasteiger partial charge in [0.2, 0.25) is 0 Å². The van der Waals surface area contributed by atoms with E-state index in [4.69, 9.17) is 0 Å². The summed E-state index contributed by atoms with van der Waals surface area (Å²) in [6.45, 7) is 0. The number of aryl methyl sites for hydroxylation is 2. The molecule has 1 aromatic carbocycles. The van der Waals surface area contributed by atoms with Crippen LogP contribution in [-0.4, -0.2) is 13.1 Å². The minimum Gasteiger partial charge on any atom is -0.316 e. The summed E-state index contributed by atoms with van der Waals surface area (Å²) in [6.07, 6.45) is 12.4. The Morgan fingerprint density at radius 1 is 1.05 bits per heavy atom. The first-order valence-corrected chi connectivity index (χ1v) is 8.15. The quantitative estimate of drug-likeness (QED) is 0.863. The van der Waals surface area contributed by atoms with Crippen molar-refractivity contribution in [2.24, 2.45) is 5.92 Å². The lowest BCUT2D eigenvalue weighted by Crippen LogP contribution is -2.36. The van der Waals surface area contributed by atoms with Gasteiger partial charge in [-0.15, -0.1) is 0 Å². The number of fused-ring (bicyclic) bond motifs is 1. The summed E-state index contributed by atoms with van der Waals surface area (Å²) in [4.78, 5) is 0. The van der Waals surface area contributed by atoms with Gasteiger partial charge in [-0.05, 0) is 68.2 Å². The average Bonchev–Trinajstić information content (AvgIpc) is 2.93. The van der Waals surface area contributed by atoms with Crippen LogP contribution in [0.25, 0.3) is 0 Å². The molecule has 1 fully saturated rings. The highest BCUT2D eigenvalue weighted by atomic mass is 14.9. The molecule has 0 aliphatic heterocycles. The molecule has 1 unspecified atom stereocenters. The Bertz CT molecular complexity index is 418. The summed E-state index contributed by atoms with van der Waals surface area (Å²) in [5.74, 6) is 0.895. The highest BCUT2D eigenvalue weighted by Gasteiger charge is 2.23. The van der Waals surface area contributed by atoms with Gasteiger partial charge in [-0.3, -0.25) is 0 Å². The smallest absolute Gasteiger partial charge is 0.0133 e. The van der Waals surface area contributed by atoms with E-state index in [-0.39, 0.29) is 0 Å². The molecular formula is C18H27N. The van der Waals surface area contributed by atoms with Gasteiger partial charge in [0.15, 0.2) is 0 Å². The van der Waals surface area contributed by atoms with Gasteiger partial charge >= 0.3 is 0 Å². The van der Waals surface area contributed by atoms with Crippen LogP contribution in [0.2, 0.25) is 0 Å². The van der Waals surface area contributed by atoms with Gasteiger partial charge in [0, 0.05) is 6.04 Å². The van der Waals surface area contributed by atoms with E-state index in [1.165, 1.54) is 57.8 Å². The summed E-state index contributed by atoms with van der Waals surface area (Å²) in [5.41, 5.74) is 4.77. The Balaban J connectivity index is 1.68. The second kappa shape index (κ2) is 6.09. The van der Waals surface area contributed by atoms with E-state index in [9.17, 15) is 0 Å². The number of likely N-dealkylation sites (N-methyl/N-ethyl adjacent to an activating group) is 1. The number of rotatable bonds is 4. The topological polar surface area (TPSA) is 12.0 Å². The van der Waals surface area contributed by atoms with Crippen LogP contribution in [0.15, 0.2) is 18.2 Å². The largest absolute Gasteiger partial charge is 0.316 e. The van der Waals surface area contributed by atoms with Gasteiger partial charge < -0.3 is 5.32 Å². The molecule has 1 N–H and O–H groups in total. The molecule has 104 valence electrons. The molecule has 1 saturated carbocycles. The number of nitrogens with one attached hydrogen (secondary N) is 1. The zero-order valence-electron chi connectivity index (χ0n) is 12.3. The Hall–Kier alpha value is -0.820. The van der Waals surface area contributed by atoms with E-state index < -0.39 is 0 Å². The van der Waals surface area contributed by atoms with Gasteiger partial charge in [-0.1, -0.05) is 37.5 Å². The van der Waals surface area contributed by atoms with E-state index in [1.54, 1.807) is 16.7 Å². The van der Waals surface area contributed by atoms with Crippen molar-refractivity contribution < 1.29 is 0 Å². The monoisotopic (exact) mass is 257 g/mol. The fourth-order valence-corrected chi connectivity index (χ4v) is 4.05. The normalized spacial score (nSPS) is 21.3. The third-order valence-corrected chi connectivity index (χ3v) is 5.21. The third-order valence-electron chi connectivity index (χ3n) is 5.21. The standard InChI is InChI=1S/C18H27N/c1-19-18(16-6-3-2-4-7-16)13-14-10-11-15-8-5-9-17(15)12-14/h10-12,16,18-19H,2-9,13H2,1H3. The van der Waals surface area contributed by atoms with Crippen LogP contribution in [0, 0.1) is 5.92 Å². The predicted molar refractivity (Wildman–Crippen MR) is 81.6 cm³/mol. The van der Waals surface area contributed by atoms with E-state index >= 15 is 0 Å². The first-order valence-electron chi connectivity index (χ1n) is 8.15. The zero-order chi connectivity index (χ0) is 13.1. The van der Waals surface area contributed by atoms with Crippen LogP contribution in [-0.2, 0) is 19.3 Å². The number of hydrogen-bond acceptors (Lipinski definition) is 1. The van der Waals surface area contributed by atoms with Gasteiger partial charge in [0.05, 0.1) is 0 Å². The average molecular weight is 257 g/mol. The Morgan fingerprint density at radius 2 is 1.84 bits per heavy atom. The SMILES string of the molecule is CNC(Cc1ccc2c(c1)CCC2)C1CCCCC1. The fraction of sp³-hybridized carbons (Fsp3) is 0.667. The van der Waals surface area contributed by atoms with Crippen molar-refractivity contribution in [1.29, 1.82) is 0 Å². The highest BCUT2D eigenvalue weighted by molar-refractivity contribution is 5.35. The molecule has 0 aromatic heterocycles. The molecule has 0 radical (unpaired) electrons. The van der Waals surface area contributed by atoms with E-state index in [2.05, 4.69) is 30.6 Å². The molecule has 0 heterocycles. The van der Waals surface area contributed by atoms with Crippen LogP contribution in [0.4, 0.5) is 0 Å². The van der Waals surface area contributed by atoms with Crippen molar-refractivity contribution in [2.75, 3.05) is 7.05 Å². The number of hydrogen-bond donors (Lipinski definition) is 1. The summed E-state index contributed by atoms with van der Waals surface area (Å²) in [6, 6.07) is 7.91. The van der Waals surface area contributed by atoms with Crippen molar-refractivity contribution in [1.82, 2.24) is 5.32 Å². The maximum Gasteiger partial charge on any atom is 0.0133 e. The number of benzene rings is 1.